The van der Waals surface area contributed by atoms with Gasteiger partial charge in [-0.25, -0.2) is 14.1 Å². The van der Waals surface area contributed by atoms with Crippen molar-refractivity contribution in [3.63, 3.8) is 0 Å². The number of likely N-dealkylation sites (tertiary alicyclic amines) is 1. The van der Waals surface area contributed by atoms with Crippen molar-refractivity contribution in [1.29, 1.82) is 0 Å². The molecule has 1 amide bonds. The van der Waals surface area contributed by atoms with E-state index in [1.165, 1.54) is 27.9 Å². The zero-order valence-corrected chi connectivity index (χ0v) is 18.7. The van der Waals surface area contributed by atoms with Gasteiger partial charge in [-0.15, -0.1) is 13.2 Å². The molecule has 1 aromatic carbocycles. The van der Waals surface area contributed by atoms with Crippen molar-refractivity contribution in [3.8, 4) is 11.4 Å². The fourth-order valence-electron chi connectivity index (χ4n) is 4.56. The van der Waals surface area contributed by atoms with Crippen molar-refractivity contribution >= 4 is 22.6 Å². The number of hydrogen-bond acceptors (Lipinski definition) is 7. The van der Waals surface area contributed by atoms with Gasteiger partial charge in [0.05, 0.1) is 22.5 Å². The third-order valence-corrected chi connectivity index (χ3v) is 6.31. The average Bonchev–Trinajstić information content (AvgIpc) is 3.33. The highest BCUT2D eigenvalue weighted by Gasteiger charge is 2.39. The van der Waals surface area contributed by atoms with Gasteiger partial charge in [-0.05, 0) is 36.8 Å². The third kappa shape index (κ3) is 4.24. The Morgan fingerprint density at radius 1 is 1.14 bits per heavy atom. The largest absolute Gasteiger partial charge is 0.573 e. The Morgan fingerprint density at radius 3 is 2.42 bits per heavy atom. The van der Waals surface area contributed by atoms with Crippen LogP contribution in [0.5, 0.6) is 5.75 Å². The molecule has 2 saturated heterocycles. The number of ether oxygens (including phenoxy) is 1. The van der Waals surface area contributed by atoms with E-state index in [1.54, 1.807) is 11.0 Å². The van der Waals surface area contributed by atoms with Crippen LogP contribution in [0.15, 0.2) is 48.9 Å². The van der Waals surface area contributed by atoms with Crippen LogP contribution < -0.4 is 9.64 Å². The predicted molar refractivity (Wildman–Crippen MR) is 119 cm³/mol. The summed E-state index contributed by atoms with van der Waals surface area (Å²) in [6.45, 7) is 3.75. The van der Waals surface area contributed by atoms with Crippen LogP contribution in [0, 0.1) is 0 Å². The maximum absolute atomic E-state index is 13.3. The van der Waals surface area contributed by atoms with Crippen molar-refractivity contribution in [2.24, 2.45) is 0 Å². The summed E-state index contributed by atoms with van der Waals surface area (Å²) in [5.74, 6) is -2.57. The van der Waals surface area contributed by atoms with E-state index >= 15 is 0 Å². The molecule has 0 radical (unpaired) electrons. The number of amides is 1. The molecule has 0 spiro atoms. The highest BCUT2D eigenvalue weighted by atomic mass is 19.4. The summed E-state index contributed by atoms with van der Waals surface area (Å²) in [7, 11) is 0. The molecule has 2 aromatic heterocycles. The third-order valence-electron chi connectivity index (χ3n) is 6.31. The molecule has 9 nitrogen and oxygen atoms in total. The standard InChI is InChI=1S/C23H21F4N5O4/c1-12(24)21(34)30-10-13(11-30)19-18-16(31-9-7-17(33)22(31)35)6-8-28-20(18)32(29-19)14-2-4-15(5-3-14)36-23(25,26)27/h2-6,8,13,17,22,33,35H,1,7,9-11H2/t17-,22?/m0/s1. The number of aliphatic hydroxyl groups is 2. The van der Waals surface area contributed by atoms with Gasteiger partial charge in [0.1, 0.15) is 11.9 Å². The van der Waals surface area contributed by atoms with Crippen molar-refractivity contribution in [1.82, 2.24) is 19.7 Å². The highest BCUT2D eigenvalue weighted by Crippen LogP contribution is 2.39. The second-order valence-electron chi connectivity index (χ2n) is 8.64. The number of carbonyl (C=O) groups is 1. The summed E-state index contributed by atoms with van der Waals surface area (Å²) in [6.07, 6.45) is -5.08. The number of fused-ring (bicyclic) bond motifs is 1. The van der Waals surface area contributed by atoms with Gasteiger partial charge in [0.15, 0.2) is 17.7 Å². The van der Waals surface area contributed by atoms with Crippen LogP contribution in [0.25, 0.3) is 16.7 Å². The molecule has 5 rings (SSSR count). The zero-order valence-electron chi connectivity index (χ0n) is 18.7. The molecular formula is C23H21F4N5O4. The minimum absolute atomic E-state index is 0.172. The van der Waals surface area contributed by atoms with Gasteiger partial charge < -0.3 is 24.7 Å². The highest BCUT2D eigenvalue weighted by molar-refractivity contribution is 5.95. The first-order valence-corrected chi connectivity index (χ1v) is 11.0. The number of pyridine rings is 1. The van der Waals surface area contributed by atoms with Gasteiger partial charge in [0.2, 0.25) is 0 Å². The van der Waals surface area contributed by atoms with Gasteiger partial charge >= 0.3 is 6.36 Å². The molecule has 2 N–H and O–H groups in total. The number of alkyl halides is 3. The molecular weight excluding hydrogens is 486 g/mol. The molecule has 36 heavy (non-hydrogen) atoms. The fraction of sp³-hybridized carbons (Fsp3) is 0.348. The summed E-state index contributed by atoms with van der Waals surface area (Å²) in [5.41, 5.74) is 1.84. The smallest absolute Gasteiger partial charge is 0.406 e. The molecule has 2 aliphatic rings. The van der Waals surface area contributed by atoms with E-state index in [0.717, 1.165) is 12.1 Å². The van der Waals surface area contributed by atoms with Crippen LogP contribution >= 0.6 is 0 Å². The van der Waals surface area contributed by atoms with Crippen molar-refractivity contribution in [3.05, 3.63) is 54.6 Å². The maximum atomic E-state index is 13.3. The SMILES string of the molecule is C=C(F)C(=O)N1CC(c2nn(-c3ccc(OC(F)(F)F)cc3)c3nccc(N4CC[C@H](O)C4O)c23)C1. The summed E-state index contributed by atoms with van der Waals surface area (Å²) in [6, 6.07) is 6.76. The lowest BCUT2D eigenvalue weighted by Gasteiger charge is -2.38. The quantitative estimate of drug-likeness (QED) is 0.404. The predicted octanol–water partition coefficient (Wildman–Crippen LogP) is 2.62. The number of rotatable bonds is 5. The van der Waals surface area contributed by atoms with E-state index < -0.39 is 36.2 Å². The molecule has 0 aliphatic carbocycles. The number of carbonyl (C=O) groups excluding carboxylic acids is 1. The average molecular weight is 507 g/mol. The van der Waals surface area contributed by atoms with Gasteiger partial charge in [0, 0.05) is 31.7 Å². The van der Waals surface area contributed by atoms with Crippen LogP contribution in [0.1, 0.15) is 18.0 Å². The first kappa shape index (κ1) is 24.0. The lowest BCUT2D eigenvalue weighted by atomic mass is 9.93. The van der Waals surface area contributed by atoms with E-state index in [1.807, 2.05) is 0 Å². The molecule has 2 fully saturated rings. The molecule has 1 unspecified atom stereocenters. The summed E-state index contributed by atoms with van der Waals surface area (Å²) in [5, 5.41) is 25.8. The van der Waals surface area contributed by atoms with Crippen LogP contribution in [-0.4, -0.2) is 74.1 Å². The molecule has 0 saturated carbocycles. The molecule has 2 atom stereocenters. The van der Waals surface area contributed by atoms with E-state index in [-0.39, 0.29) is 19.0 Å². The Morgan fingerprint density at radius 2 is 1.83 bits per heavy atom. The Bertz CT molecular complexity index is 1320. The van der Waals surface area contributed by atoms with Gasteiger partial charge in [0.25, 0.3) is 5.91 Å². The van der Waals surface area contributed by atoms with E-state index in [2.05, 4.69) is 21.4 Å². The monoisotopic (exact) mass is 507 g/mol. The topological polar surface area (TPSA) is 104 Å². The lowest BCUT2D eigenvalue weighted by Crippen LogP contribution is -2.48. The Labute approximate surface area is 201 Å². The molecule has 190 valence electrons. The number of halogens is 4. The first-order valence-electron chi connectivity index (χ1n) is 11.0. The van der Waals surface area contributed by atoms with Crippen LogP contribution in [0.2, 0.25) is 0 Å². The van der Waals surface area contributed by atoms with Crippen molar-refractivity contribution < 1.29 is 37.3 Å². The van der Waals surface area contributed by atoms with E-state index in [9.17, 15) is 32.6 Å². The van der Waals surface area contributed by atoms with Crippen LogP contribution in [0.4, 0.5) is 23.2 Å². The first-order chi connectivity index (χ1) is 17.0. The normalized spacial score (nSPS) is 20.6. The minimum Gasteiger partial charge on any atom is -0.406 e. The number of benzene rings is 1. The second kappa shape index (κ2) is 8.75. The van der Waals surface area contributed by atoms with Crippen LogP contribution in [0.3, 0.4) is 0 Å². The Hall–Kier alpha value is -3.71. The van der Waals surface area contributed by atoms with Gasteiger partial charge in [-0.3, -0.25) is 4.79 Å². The Balaban J connectivity index is 1.57. The van der Waals surface area contributed by atoms with E-state index in [4.69, 9.17) is 0 Å². The molecule has 3 aromatic rings. The zero-order chi connectivity index (χ0) is 25.8. The summed E-state index contributed by atoms with van der Waals surface area (Å²) >= 11 is 0. The van der Waals surface area contributed by atoms with Gasteiger partial charge in [-0.2, -0.15) is 5.10 Å². The van der Waals surface area contributed by atoms with Crippen LogP contribution in [-0.2, 0) is 4.79 Å². The minimum atomic E-state index is -4.83. The molecule has 2 aliphatic heterocycles. The number of aromatic nitrogens is 3. The molecule has 13 heteroatoms. The lowest BCUT2D eigenvalue weighted by molar-refractivity contribution is -0.274. The summed E-state index contributed by atoms with van der Waals surface area (Å²) < 4.78 is 56.3. The molecule has 0 bridgehead atoms. The Kier molecular flexibility index (Phi) is 5.83. The number of hydrogen-bond donors (Lipinski definition) is 2. The van der Waals surface area contributed by atoms with Gasteiger partial charge in [-0.1, -0.05) is 6.58 Å². The van der Waals surface area contributed by atoms with E-state index in [0.29, 0.717) is 41.1 Å². The number of nitrogens with zero attached hydrogens (tertiary/aromatic N) is 5. The number of anilines is 1. The van der Waals surface area contributed by atoms with Crippen molar-refractivity contribution in [2.45, 2.75) is 31.0 Å². The fourth-order valence-corrected chi connectivity index (χ4v) is 4.56. The van der Waals surface area contributed by atoms with Crippen molar-refractivity contribution in [2.75, 3.05) is 24.5 Å². The number of aliphatic hydroxyl groups excluding tert-OH is 2. The summed E-state index contributed by atoms with van der Waals surface area (Å²) in [4.78, 5) is 19.3. The molecule has 4 heterocycles. The second-order valence-corrected chi connectivity index (χ2v) is 8.64. The maximum Gasteiger partial charge on any atom is 0.573 e.